The molecule has 2 atom stereocenters. The number of hydrogen-bond acceptors (Lipinski definition) is 1. The Morgan fingerprint density at radius 2 is 1.70 bits per heavy atom. The fraction of sp³-hybridized carbons (Fsp3) is 0.647. The van der Waals surface area contributed by atoms with Gasteiger partial charge in [0.25, 0.3) is 0 Å². The van der Waals surface area contributed by atoms with Crippen LogP contribution in [0.4, 0.5) is 8.78 Å². The van der Waals surface area contributed by atoms with E-state index < -0.39 is 17.9 Å². The van der Waals surface area contributed by atoms with E-state index in [0.717, 1.165) is 19.3 Å². The van der Waals surface area contributed by atoms with E-state index in [0.29, 0.717) is 12.0 Å². The third-order valence-corrected chi connectivity index (χ3v) is 4.17. The highest BCUT2D eigenvalue weighted by Crippen LogP contribution is 2.38. The second-order valence-corrected chi connectivity index (χ2v) is 5.43. The monoisotopic (exact) mass is 284 g/mol. The number of alkyl halides is 2. The van der Waals surface area contributed by atoms with Crippen LogP contribution in [0.15, 0.2) is 24.3 Å². The first-order valence-electron chi connectivity index (χ1n) is 7.59. The molecule has 1 aromatic rings. The van der Waals surface area contributed by atoms with Crippen LogP contribution in [0.5, 0.6) is 0 Å². The standard InChI is InChI=1S/C17H26F2O/c1-4-7-8-13-9-11-14(12-10-13)17(20,6-3)15(5-2)16(18)19/h9-12,15-16,20H,4-8H2,1-3H3. The average molecular weight is 284 g/mol. The lowest BCUT2D eigenvalue weighted by Crippen LogP contribution is -2.38. The minimum absolute atomic E-state index is 0.263. The third-order valence-electron chi connectivity index (χ3n) is 4.17. The van der Waals surface area contributed by atoms with Crippen LogP contribution in [0.25, 0.3) is 0 Å². The number of unbranched alkanes of at least 4 members (excludes halogenated alkanes) is 1. The Bertz CT molecular complexity index is 388. The van der Waals surface area contributed by atoms with Crippen molar-refractivity contribution in [3.8, 4) is 0 Å². The third kappa shape index (κ3) is 3.78. The van der Waals surface area contributed by atoms with Gasteiger partial charge in [0.1, 0.15) is 0 Å². The van der Waals surface area contributed by atoms with Gasteiger partial charge in [-0.2, -0.15) is 0 Å². The average Bonchev–Trinajstić information content (AvgIpc) is 2.45. The van der Waals surface area contributed by atoms with Gasteiger partial charge in [-0.25, -0.2) is 8.78 Å². The summed E-state index contributed by atoms with van der Waals surface area (Å²) in [7, 11) is 0. The van der Waals surface area contributed by atoms with Gasteiger partial charge in [-0.1, -0.05) is 51.5 Å². The van der Waals surface area contributed by atoms with Crippen LogP contribution in [0.3, 0.4) is 0 Å². The Morgan fingerprint density at radius 3 is 2.10 bits per heavy atom. The largest absolute Gasteiger partial charge is 0.385 e. The lowest BCUT2D eigenvalue weighted by molar-refractivity contribution is -0.0944. The van der Waals surface area contributed by atoms with Crippen molar-refractivity contribution in [2.75, 3.05) is 0 Å². The number of halogens is 2. The Labute approximate surface area is 121 Å². The van der Waals surface area contributed by atoms with Crippen LogP contribution in [0, 0.1) is 5.92 Å². The van der Waals surface area contributed by atoms with Crippen LogP contribution in [0.1, 0.15) is 57.6 Å². The summed E-state index contributed by atoms with van der Waals surface area (Å²) < 4.78 is 26.3. The fourth-order valence-corrected chi connectivity index (χ4v) is 2.75. The summed E-state index contributed by atoms with van der Waals surface area (Å²) in [6.45, 7) is 5.60. The van der Waals surface area contributed by atoms with Crippen LogP contribution in [0.2, 0.25) is 0 Å². The molecule has 114 valence electrons. The van der Waals surface area contributed by atoms with Gasteiger partial charge in [-0.15, -0.1) is 0 Å². The first-order valence-corrected chi connectivity index (χ1v) is 7.59. The maximum Gasteiger partial charge on any atom is 0.244 e. The molecule has 0 aliphatic heterocycles. The van der Waals surface area contributed by atoms with Gasteiger partial charge >= 0.3 is 0 Å². The minimum atomic E-state index is -2.51. The molecule has 0 radical (unpaired) electrons. The highest BCUT2D eigenvalue weighted by atomic mass is 19.3. The SMILES string of the molecule is CCCCc1ccc(C(O)(CC)C(CC)C(F)F)cc1. The lowest BCUT2D eigenvalue weighted by atomic mass is 9.77. The van der Waals surface area contributed by atoms with Gasteiger partial charge < -0.3 is 5.11 Å². The topological polar surface area (TPSA) is 20.2 Å². The van der Waals surface area contributed by atoms with E-state index in [4.69, 9.17) is 0 Å². The Morgan fingerprint density at radius 1 is 1.10 bits per heavy atom. The first-order chi connectivity index (χ1) is 9.49. The highest BCUT2D eigenvalue weighted by molar-refractivity contribution is 5.28. The molecule has 0 fully saturated rings. The molecule has 0 saturated carbocycles. The molecule has 0 aromatic heterocycles. The second-order valence-electron chi connectivity index (χ2n) is 5.43. The number of aliphatic hydroxyl groups is 1. The summed E-state index contributed by atoms with van der Waals surface area (Å²) in [4.78, 5) is 0. The van der Waals surface area contributed by atoms with E-state index in [2.05, 4.69) is 6.92 Å². The van der Waals surface area contributed by atoms with Crippen molar-refractivity contribution in [3.63, 3.8) is 0 Å². The van der Waals surface area contributed by atoms with Crippen molar-refractivity contribution >= 4 is 0 Å². The van der Waals surface area contributed by atoms with Crippen molar-refractivity contribution in [3.05, 3.63) is 35.4 Å². The fourth-order valence-electron chi connectivity index (χ4n) is 2.75. The van der Waals surface area contributed by atoms with E-state index in [1.54, 1.807) is 26.0 Å². The van der Waals surface area contributed by atoms with Gasteiger partial charge in [-0.3, -0.25) is 0 Å². The molecule has 0 saturated heterocycles. The van der Waals surface area contributed by atoms with Crippen molar-refractivity contribution in [1.82, 2.24) is 0 Å². The normalized spacial score (nSPS) is 16.1. The van der Waals surface area contributed by atoms with E-state index in [1.165, 1.54) is 5.56 Å². The molecule has 0 amide bonds. The summed E-state index contributed by atoms with van der Waals surface area (Å²) in [5, 5.41) is 10.7. The number of benzene rings is 1. The van der Waals surface area contributed by atoms with Crippen molar-refractivity contribution in [2.24, 2.45) is 5.92 Å². The summed E-state index contributed by atoms with van der Waals surface area (Å²) in [5.74, 6) is -1.02. The summed E-state index contributed by atoms with van der Waals surface area (Å²) in [6, 6.07) is 7.51. The maximum absolute atomic E-state index is 13.2. The Hall–Kier alpha value is -0.960. The van der Waals surface area contributed by atoms with E-state index in [1.807, 2.05) is 12.1 Å². The van der Waals surface area contributed by atoms with E-state index in [-0.39, 0.29) is 6.42 Å². The van der Waals surface area contributed by atoms with E-state index in [9.17, 15) is 13.9 Å². The Balaban J connectivity index is 2.99. The van der Waals surface area contributed by atoms with Crippen LogP contribution in [-0.4, -0.2) is 11.5 Å². The zero-order valence-corrected chi connectivity index (χ0v) is 12.7. The predicted octanol–water partition coefficient (Wildman–Crippen LogP) is 4.92. The first kappa shape index (κ1) is 17.1. The molecule has 0 bridgehead atoms. The van der Waals surface area contributed by atoms with Crippen molar-refractivity contribution < 1.29 is 13.9 Å². The van der Waals surface area contributed by atoms with Gasteiger partial charge in [0.15, 0.2) is 0 Å². The molecular weight excluding hydrogens is 258 g/mol. The van der Waals surface area contributed by atoms with Crippen LogP contribution >= 0.6 is 0 Å². The van der Waals surface area contributed by atoms with Crippen molar-refractivity contribution in [2.45, 2.75) is 64.9 Å². The molecule has 20 heavy (non-hydrogen) atoms. The zero-order valence-electron chi connectivity index (χ0n) is 12.7. The van der Waals surface area contributed by atoms with Gasteiger partial charge in [0, 0.05) is 0 Å². The minimum Gasteiger partial charge on any atom is -0.385 e. The lowest BCUT2D eigenvalue weighted by Gasteiger charge is -2.35. The molecule has 0 aliphatic rings. The number of aryl methyl sites for hydroxylation is 1. The number of hydrogen-bond donors (Lipinski definition) is 1. The molecule has 0 spiro atoms. The smallest absolute Gasteiger partial charge is 0.244 e. The van der Waals surface area contributed by atoms with Gasteiger partial charge in [0.05, 0.1) is 11.5 Å². The molecule has 0 heterocycles. The predicted molar refractivity (Wildman–Crippen MR) is 79.0 cm³/mol. The molecule has 1 N–H and O–H groups in total. The zero-order chi connectivity index (χ0) is 15.2. The highest BCUT2D eigenvalue weighted by Gasteiger charge is 2.41. The molecular formula is C17H26F2O. The summed E-state index contributed by atoms with van der Waals surface area (Å²) >= 11 is 0. The molecule has 0 aliphatic carbocycles. The summed E-state index contributed by atoms with van der Waals surface area (Å²) in [5.41, 5.74) is 0.359. The van der Waals surface area contributed by atoms with E-state index >= 15 is 0 Å². The molecule has 3 heteroatoms. The van der Waals surface area contributed by atoms with Crippen LogP contribution < -0.4 is 0 Å². The molecule has 1 aromatic carbocycles. The maximum atomic E-state index is 13.2. The van der Waals surface area contributed by atoms with Crippen LogP contribution in [-0.2, 0) is 12.0 Å². The Kier molecular flexibility index (Phi) is 6.60. The van der Waals surface area contributed by atoms with Gasteiger partial charge in [-0.05, 0) is 36.8 Å². The van der Waals surface area contributed by atoms with Crippen molar-refractivity contribution in [1.29, 1.82) is 0 Å². The molecule has 2 unspecified atom stereocenters. The molecule has 1 rings (SSSR count). The second kappa shape index (κ2) is 7.72. The number of rotatable bonds is 8. The molecule has 1 nitrogen and oxygen atoms in total. The van der Waals surface area contributed by atoms with Gasteiger partial charge in [0.2, 0.25) is 6.43 Å². The quantitative estimate of drug-likeness (QED) is 0.718. The summed E-state index contributed by atoms with van der Waals surface area (Å²) in [6.07, 6.45) is 1.29.